The van der Waals surface area contributed by atoms with Crippen LogP contribution in [0.3, 0.4) is 0 Å². The average Bonchev–Trinajstić information content (AvgIpc) is 3.52. The van der Waals surface area contributed by atoms with E-state index in [0.717, 1.165) is 35.1 Å². The summed E-state index contributed by atoms with van der Waals surface area (Å²) in [7, 11) is 0. The Kier molecular flexibility index (Phi) is 4.28. The van der Waals surface area contributed by atoms with Crippen LogP contribution in [0.5, 0.6) is 0 Å². The second-order valence-electron chi connectivity index (χ2n) is 7.83. The lowest BCUT2D eigenvalue weighted by Gasteiger charge is -2.16. The summed E-state index contributed by atoms with van der Waals surface area (Å²) in [6.07, 6.45) is 7.50. The molecule has 142 valence electrons. The molecule has 1 saturated carbocycles. The fourth-order valence-corrected chi connectivity index (χ4v) is 4.02. The van der Waals surface area contributed by atoms with E-state index in [2.05, 4.69) is 21.0 Å². The van der Waals surface area contributed by atoms with Crippen molar-refractivity contribution >= 4 is 16.8 Å². The van der Waals surface area contributed by atoms with Crippen molar-refractivity contribution in [1.82, 2.24) is 19.9 Å². The number of hydrogen-bond acceptors (Lipinski definition) is 5. The minimum atomic E-state index is -0.539. The molecule has 1 aliphatic heterocycles. The van der Waals surface area contributed by atoms with E-state index in [9.17, 15) is 9.90 Å². The zero-order valence-corrected chi connectivity index (χ0v) is 15.5. The number of pyridine rings is 1. The number of aromatic nitrogens is 3. The molecule has 1 aliphatic carbocycles. The first-order valence-corrected chi connectivity index (χ1v) is 9.81. The summed E-state index contributed by atoms with van der Waals surface area (Å²) in [4.78, 5) is 27.6. The number of carbonyl (C=O) groups is 1. The fourth-order valence-electron chi connectivity index (χ4n) is 4.02. The van der Waals surface area contributed by atoms with E-state index in [1.807, 2.05) is 24.3 Å². The number of rotatable bonds is 4. The van der Waals surface area contributed by atoms with Gasteiger partial charge in [-0.2, -0.15) is 0 Å². The van der Waals surface area contributed by atoms with Crippen LogP contribution in [0.2, 0.25) is 0 Å². The third kappa shape index (κ3) is 3.24. The van der Waals surface area contributed by atoms with Crippen LogP contribution >= 0.6 is 0 Å². The van der Waals surface area contributed by atoms with Gasteiger partial charge in [-0.3, -0.25) is 9.78 Å². The summed E-state index contributed by atoms with van der Waals surface area (Å²) < 4.78 is 0. The summed E-state index contributed by atoms with van der Waals surface area (Å²) in [5, 5.41) is 11.7. The Morgan fingerprint density at radius 3 is 2.64 bits per heavy atom. The Balaban J connectivity index is 1.31. The molecule has 6 heteroatoms. The lowest BCUT2D eigenvalue weighted by Crippen LogP contribution is -2.29. The van der Waals surface area contributed by atoms with Gasteiger partial charge in [0.15, 0.2) is 0 Å². The number of benzene rings is 1. The van der Waals surface area contributed by atoms with Crippen LogP contribution in [0.25, 0.3) is 10.9 Å². The molecule has 1 aromatic carbocycles. The minimum absolute atomic E-state index is 0.00131. The van der Waals surface area contributed by atoms with Crippen molar-refractivity contribution in [3.63, 3.8) is 0 Å². The first kappa shape index (κ1) is 17.3. The average molecular weight is 374 g/mol. The lowest BCUT2D eigenvalue weighted by molar-refractivity contribution is 0.0763. The van der Waals surface area contributed by atoms with Crippen LogP contribution in [-0.2, 0) is 6.42 Å². The zero-order chi connectivity index (χ0) is 19.1. The molecule has 1 saturated heterocycles. The number of fused-ring (bicyclic) bond motifs is 1. The Labute approximate surface area is 163 Å². The maximum absolute atomic E-state index is 12.8. The van der Waals surface area contributed by atoms with Crippen molar-refractivity contribution < 1.29 is 9.90 Å². The van der Waals surface area contributed by atoms with E-state index in [1.165, 1.54) is 0 Å². The van der Waals surface area contributed by atoms with Gasteiger partial charge in [-0.15, -0.1) is 0 Å². The van der Waals surface area contributed by atoms with Gasteiger partial charge in [0.25, 0.3) is 5.91 Å². The van der Waals surface area contributed by atoms with Gasteiger partial charge in [0.2, 0.25) is 0 Å². The smallest absolute Gasteiger partial charge is 0.257 e. The predicted octanol–water partition coefficient (Wildman–Crippen LogP) is 2.58. The van der Waals surface area contributed by atoms with Crippen LogP contribution in [0.1, 0.15) is 40.5 Å². The molecule has 2 atom stereocenters. The van der Waals surface area contributed by atoms with Crippen molar-refractivity contribution in [2.45, 2.75) is 31.3 Å². The second-order valence-corrected chi connectivity index (χ2v) is 7.83. The molecule has 3 aromatic rings. The largest absolute Gasteiger partial charge is 0.391 e. The van der Waals surface area contributed by atoms with E-state index >= 15 is 0 Å². The van der Waals surface area contributed by atoms with Gasteiger partial charge in [-0.1, -0.05) is 18.2 Å². The summed E-state index contributed by atoms with van der Waals surface area (Å²) in [5.41, 5.74) is 2.60. The minimum Gasteiger partial charge on any atom is -0.391 e. The van der Waals surface area contributed by atoms with Crippen molar-refractivity contribution in [2.24, 2.45) is 5.92 Å². The Hall–Kier alpha value is -2.86. The topological polar surface area (TPSA) is 79.2 Å². The number of aliphatic hydroxyl groups excluding tert-OH is 1. The maximum Gasteiger partial charge on any atom is 0.257 e. The zero-order valence-electron chi connectivity index (χ0n) is 15.5. The lowest BCUT2D eigenvalue weighted by atomic mass is 9.94. The van der Waals surface area contributed by atoms with Crippen molar-refractivity contribution in [1.29, 1.82) is 0 Å². The first-order chi connectivity index (χ1) is 13.7. The molecule has 2 aliphatic rings. The SMILES string of the molecule is O=C(c1cnc(C2CC2)nc1)N1C[C@@H](Cc2ccnc3ccccc23)[C@H](O)C1. The van der Waals surface area contributed by atoms with Gasteiger partial charge in [-0.05, 0) is 37.0 Å². The number of hydrogen-bond donors (Lipinski definition) is 1. The van der Waals surface area contributed by atoms with Crippen LogP contribution in [0.4, 0.5) is 0 Å². The van der Waals surface area contributed by atoms with E-state index in [-0.39, 0.29) is 11.8 Å². The normalized spacial score (nSPS) is 22.0. The highest BCUT2D eigenvalue weighted by molar-refractivity contribution is 5.93. The molecule has 3 heterocycles. The molecule has 2 aromatic heterocycles. The summed E-state index contributed by atoms with van der Waals surface area (Å²) in [6.45, 7) is 0.873. The second kappa shape index (κ2) is 6.95. The molecular weight excluding hydrogens is 352 g/mol. The molecular formula is C22H22N4O2. The number of β-amino-alcohol motifs (C(OH)–C–C–N with tert-alkyl or cyclic N) is 1. The van der Waals surface area contributed by atoms with Gasteiger partial charge >= 0.3 is 0 Å². The number of para-hydroxylation sites is 1. The monoisotopic (exact) mass is 374 g/mol. The van der Waals surface area contributed by atoms with Crippen molar-refractivity contribution in [3.8, 4) is 0 Å². The van der Waals surface area contributed by atoms with Gasteiger partial charge in [-0.25, -0.2) is 9.97 Å². The summed E-state index contributed by atoms with van der Waals surface area (Å²) >= 11 is 0. The van der Waals surface area contributed by atoms with Gasteiger partial charge in [0.05, 0.1) is 17.2 Å². The van der Waals surface area contributed by atoms with E-state index in [0.29, 0.717) is 31.0 Å². The van der Waals surface area contributed by atoms with Crippen molar-refractivity contribution in [2.75, 3.05) is 13.1 Å². The van der Waals surface area contributed by atoms with E-state index in [4.69, 9.17) is 0 Å². The van der Waals surface area contributed by atoms with Crippen molar-refractivity contribution in [3.05, 3.63) is 65.9 Å². The number of nitrogens with zero attached hydrogens (tertiary/aromatic N) is 4. The number of amides is 1. The highest BCUT2D eigenvalue weighted by Gasteiger charge is 2.35. The molecule has 0 spiro atoms. The van der Waals surface area contributed by atoms with Gasteiger partial charge < -0.3 is 10.0 Å². The van der Waals surface area contributed by atoms with Crippen LogP contribution in [0, 0.1) is 5.92 Å². The molecule has 0 unspecified atom stereocenters. The van der Waals surface area contributed by atoms with Crippen LogP contribution in [-0.4, -0.2) is 50.1 Å². The van der Waals surface area contributed by atoms with Crippen LogP contribution in [0.15, 0.2) is 48.9 Å². The van der Waals surface area contributed by atoms with E-state index in [1.54, 1.807) is 23.5 Å². The quantitative estimate of drug-likeness (QED) is 0.759. The Bertz CT molecular complexity index is 1010. The highest BCUT2D eigenvalue weighted by Crippen LogP contribution is 2.37. The third-order valence-electron chi connectivity index (χ3n) is 5.78. The molecule has 1 N–H and O–H groups in total. The van der Waals surface area contributed by atoms with Gasteiger partial charge in [0, 0.05) is 48.9 Å². The molecule has 6 nitrogen and oxygen atoms in total. The third-order valence-corrected chi connectivity index (χ3v) is 5.78. The number of carbonyl (C=O) groups excluding carboxylic acids is 1. The predicted molar refractivity (Wildman–Crippen MR) is 105 cm³/mol. The summed E-state index contributed by atoms with van der Waals surface area (Å²) in [5.74, 6) is 1.20. The molecule has 5 rings (SSSR count). The Morgan fingerprint density at radius 1 is 1.07 bits per heavy atom. The molecule has 0 bridgehead atoms. The number of aliphatic hydroxyl groups is 1. The van der Waals surface area contributed by atoms with E-state index < -0.39 is 6.10 Å². The van der Waals surface area contributed by atoms with Gasteiger partial charge in [0.1, 0.15) is 5.82 Å². The molecule has 1 amide bonds. The fraction of sp³-hybridized carbons (Fsp3) is 0.364. The summed E-state index contributed by atoms with van der Waals surface area (Å²) in [6, 6.07) is 10.0. The molecule has 2 fully saturated rings. The molecule has 0 radical (unpaired) electrons. The maximum atomic E-state index is 12.8. The standard InChI is InChI=1S/C22H22N4O2/c27-20-13-26(22(28)17-10-24-21(25-11-17)14-5-6-14)12-16(20)9-15-7-8-23-19-4-2-1-3-18(15)19/h1-4,7-8,10-11,14,16,20,27H,5-6,9,12-13H2/t16-,20-/m1/s1. The highest BCUT2D eigenvalue weighted by atomic mass is 16.3. The first-order valence-electron chi connectivity index (χ1n) is 9.81. The molecule has 28 heavy (non-hydrogen) atoms. The van der Waals surface area contributed by atoms with Crippen LogP contribution < -0.4 is 0 Å². The number of likely N-dealkylation sites (tertiary alicyclic amines) is 1. The Morgan fingerprint density at radius 2 is 1.86 bits per heavy atom.